The summed E-state index contributed by atoms with van der Waals surface area (Å²) in [5.74, 6) is -0.906. The summed E-state index contributed by atoms with van der Waals surface area (Å²) < 4.78 is 18.9. The van der Waals surface area contributed by atoms with Gasteiger partial charge in [0.1, 0.15) is 11.0 Å². The van der Waals surface area contributed by atoms with Gasteiger partial charge in [-0.3, -0.25) is 4.79 Å². The minimum Gasteiger partial charge on any atom is -0.493 e. The van der Waals surface area contributed by atoms with Gasteiger partial charge in [0.05, 0.1) is 29.0 Å². The Morgan fingerprint density at radius 2 is 2.10 bits per heavy atom. The van der Waals surface area contributed by atoms with Gasteiger partial charge >= 0.3 is 0 Å². The molecule has 8 heteroatoms. The molecule has 0 aliphatic rings. The standard InChI is InChI=1S/C13H8BrCl2FN2O2/c1-21-11-9(14)2-6(15)3-10(11)19-13(20)8-4-7(17)5-18-12(8)16/h2-5H,1H3,(H,19,20). The number of anilines is 1. The number of methoxy groups -OCH3 is 1. The van der Waals surface area contributed by atoms with E-state index < -0.39 is 11.7 Å². The summed E-state index contributed by atoms with van der Waals surface area (Å²) in [7, 11) is 1.44. The quantitative estimate of drug-likeness (QED) is 0.778. The Hall–Kier alpha value is -1.37. The van der Waals surface area contributed by atoms with Crippen molar-refractivity contribution in [1.82, 2.24) is 4.98 Å². The second kappa shape index (κ2) is 6.60. The molecule has 0 aliphatic carbocycles. The average molecular weight is 394 g/mol. The van der Waals surface area contributed by atoms with E-state index in [0.717, 1.165) is 12.3 Å². The highest BCUT2D eigenvalue weighted by Crippen LogP contribution is 2.36. The van der Waals surface area contributed by atoms with Crippen LogP contribution in [0.15, 0.2) is 28.9 Å². The Balaban J connectivity index is 2.38. The minimum absolute atomic E-state index is 0.0881. The van der Waals surface area contributed by atoms with Crippen LogP contribution in [0.4, 0.5) is 10.1 Å². The summed E-state index contributed by atoms with van der Waals surface area (Å²) in [6.45, 7) is 0. The molecule has 2 aromatic rings. The number of pyridine rings is 1. The average Bonchev–Trinajstić information content (AvgIpc) is 2.41. The Kier molecular flexibility index (Phi) is 5.03. The second-order valence-corrected chi connectivity index (χ2v) is 5.56. The summed E-state index contributed by atoms with van der Waals surface area (Å²) >= 11 is 15.0. The van der Waals surface area contributed by atoms with Crippen LogP contribution in [0.5, 0.6) is 5.75 Å². The molecule has 1 N–H and O–H groups in total. The van der Waals surface area contributed by atoms with Gasteiger partial charge in [-0.25, -0.2) is 9.37 Å². The molecule has 110 valence electrons. The number of rotatable bonds is 3. The summed E-state index contributed by atoms with van der Waals surface area (Å²) in [6, 6.07) is 4.12. The number of halogens is 4. The monoisotopic (exact) mass is 392 g/mol. The third-order valence-corrected chi connectivity index (χ3v) is 3.62. The van der Waals surface area contributed by atoms with Crippen molar-refractivity contribution in [3.8, 4) is 5.75 Å². The van der Waals surface area contributed by atoms with Crippen molar-refractivity contribution in [2.24, 2.45) is 0 Å². The Bertz CT molecular complexity index is 713. The lowest BCUT2D eigenvalue weighted by molar-refractivity contribution is 0.102. The molecule has 0 fully saturated rings. The van der Waals surface area contributed by atoms with Crippen molar-refractivity contribution >= 4 is 50.7 Å². The van der Waals surface area contributed by atoms with Crippen LogP contribution in [0.3, 0.4) is 0 Å². The maximum atomic E-state index is 13.2. The van der Waals surface area contributed by atoms with E-state index in [0.29, 0.717) is 20.9 Å². The first-order valence-corrected chi connectivity index (χ1v) is 7.12. The van der Waals surface area contributed by atoms with Crippen LogP contribution in [0.25, 0.3) is 0 Å². The largest absolute Gasteiger partial charge is 0.493 e. The number of nitrogens with zero attached hydrogens (tertiary/aromatic N) is 1. The van der Waals surface area contributed by atoms with Gasteiger partial charge in [-0.1, -0.05) is 23.2 Å². The first kappa shape index (κ1) is 16.0. The third-order valence-electron chi connectivity index (χ3n) is 2.51. The smallest absolute Gasteiger partial charge is 0.259 e. The van der Waals surface area contributed by atoms with Crippen molar-refractivity contribution in [2.75, 3.05) is 12.4 Å². The van der Waals surface area contributed by atoms with Gasteiger partial charge in [-0.05, 0) is 34.1 Å². The number of benzene rings is 1. The lowest BCUT2D eigenvalue weighted by atomic mass is 10.2. The molecule has 1 aromatic carbocycles. The van der Waals surface area contributed by atoms with E-state index in [-0.39, 0.29) is 10.7 Å². The topological polar surface area (TPSA) is 51.2 Å². The van der Waals surface area contributed by atoms with Crippen molar-refractivity contribution in [3.63, 3.8) is 0 Å². The lowest BCUT2D eigenvalue weighted by Crippen LogP contribution is -2.14. The summed E-state index contributed by atoms with van der Waals surface area (Å²) in [5, 5.41) is 2.85. The Morgan fingerprint density at radius 1 is 1.38 bits per heavy atom. The van der Waals surface area contributed by atoms with Crippen LogP contribution in [-0.2, 0) is 0 Å². The summed E-state index contributed by atoms with van der Waals surface area (Å²) in [4.78, 5) is 15.7. The third kappa shape index (κ3) is 3.64. The van der Waals surface area contributed by atoms with E-state index in [1.807, 2.05) is 0 Å². The zero-order valence-corrected chi connectivity index (χ0v) is 13.7. The number of carbonyl (C=O) groups excluding carboxylic acids is 1. The molecular formula is C13H8BrCl2FN2O2. The maximum absolute atomic E-state index is 13.2. The van der Waals surface area contributed by atoms with Gasteiger partial charge in [0.15, 0.2) is 5.75 Å². The molecule has 0 saturated carbocycles. The van der Waals surface area contributed by atoms with E-state index in [4.69, 9.17) is 27.9 Å². The van der Waals surface area contributed by atoms with Crippen molar-refractivity contribution in [3.05, 3.63) is 50.4 Å². The van der Waals surface area contributed by atoms with Gasteiger partial charge in [-0.2, -0.15) is 0 Å². The molecule has 1 amide bonds. The molecule has 0 spiro atoms. The Morgan fingerprint density at radius 3 is 2.76 bits per heavy atom. The molecule has 2 rings (SSSR count). The Labute approximate surface area is 138 Å². The van der Waals surface area contributed by atoms with Gasteiger partial charge in [-0.15, -0.1) is 0 Å². The van der Waals surface area contributed by atoms with Gasteiger partial charge in [0.25, 0.3) is 5.91 Å². The van der Waals surface area contributed by atoms with Crippen LogP contribution >= 0.6 is 39.1 Å². The lowest BCUT2D eigenvalue weighted by Gasteiger charge is -2.12. The fourth-order valence-electron chi connectivity index (χ4n) is 1.63. The van der Waals surface area contributed by atoms with Gasteiger partial charge in [0.2, 0.25) is 0 Å². The first-order chi connectivity index (χ1) is 9.92. The maximum Gasteiger partial charge on any atom is 0.259 e. The molecule has 1 aromatic heterocycles. The van der Waals surface area contributed by atoms with Crippen molar-refractivity contribution in [2.45, 2.75) is 0 Å². The highest BCUT2D eigenvalue weighted by molar-refractivity contribution is 9.10. The summed E-state index contributed by atoms with van der Waals surface area (Å²) in [6.07, 6.45) is 0.926. The number of carbonyl (C=O) groups is 1. The number of aromatic nitrogens is 1. The number of hydrogen-bond donors (Lipinski definition) is 1. The first-order valence-electron chi connectivity index (χ1n) is 5.57. The number of ether oxygens (including phenoxy) is 1. The molecule has 0 atom stereocenters. The van der Waals surface area contributed by atoms with E-state index >= 15 is 0 Å². The predicted molar refractivity (Wildman–Crippen MR) is 82.9 cm³/mol. The molecule has 0 radical (unpaired) electrons. The normalized spacial score (nSPS) is 10.3. The summed E-state index contributed by atoms with van der Waals surface area (Å²) in [5.41, 5.74) is 0.233. The van der Waals surface area contributed by atoms with E-state index in [9.17, 15) is 9.18 Å². The zero-order chi connectivity index (χ0) is 15.6. The van der Waals surface area contributed by atoms with Gasteiger partial charge < -0.3 is 10.1 Å². The highest BCUT2D eigenvalue weighted by atomic mass is 79.9. The van der Waals surface area contributed by atoms with Crippen LogP contribution < -0.4 is 10.1 Å². The molecule has 4 nitrogen and oxygen atoms in total. The van der Waals surface area contributed by atoms with Crippen LogP contribution in [0.2, 0.25) is 10.2 Å². The van der Waals surface area contributed by atoms with Crippen molar-refractivity contribution < 1.29 is 13.9 Å². The van der Waals surface area contributed by atoms with Crippen molar-refractivity contribution in [1.29, 1.82) is 0 Å². The van der Waals surface area contributed by atoms with E-state index in [2.05, 4.69) is 26.2 Å². The number of nitrogens with one attached hydrogen (secondary N) is 1. The van der Waals surface area contributed by atoms with E-state index in [1.54, 1.807) is 6.07 Å². The predicted octanol–water partition coefficient (Wildman–Crippen LogP) is 4.55. The zero-order valence-electron chi connectivity index (χ0n) is 10.6. The fraction of sp³-hybridized carbons (Fsp3) is 0.0769. The van der Waals surface area contributed by atoms with E-state index in [1.165, 1.54) is 13.2 Å². The minimum atomic E-state index is -0.663. The van der Waals surface area contributed by atoms with Gasteiger partial charge in [0, 0.05) is 5.02 Å². The molecule has 21 heavy (non-hydrogen) atoms. The second-order valence-electron chi connectivity index (χ2n) is 3.91. The molecule has 0 saturated heterocycles. The van der Waals surface area contributed by atoms with Crippen LogP contribution in [0.1, 0.15) is 10.4 Å². The van der Waals surface area contributed by atoms with Crippen LogP contribution in [-0.4, -0.2) is 18.0 Å². The molecule has 0 unspecified atom stereocenters. The molecule has 0 bridgehead atoms. The number of hydrogen-bond acceptors (Lipinski definition) is 3. The highest BCUT2D eigenvalue weighted by Gasteiger charge is 2.17. The SMILES string of the molecule is COc1c(Br)cc(Cl)cc1NC(=O)c1cc(F)cnc1Cl. The molecule has 0 aliphatic heterocycles. The number of amides is 1. The van der Waals surface area contributed by atoms with Crippen LogP contribution in [0, 0.1) is 5.82 Å². The fourth-order valence-corrected chi connectivity index (χ4v) is 2.79. The molecule has 1 heterocycles. The molecular weight excluding hydrogens is 386 g/mol.